The standard InChI is InChI=1S/C22H25Cl4N3O4S/c1-4-19(22(31)27-5-2)28(12-14-8-6-7-9-15(14)23)21(30)13-29(34(3,32)33)20-11-17(25)16(24)10-18(20)26/h6-11,19H,4-5,12-13H2,1-3H3,(H,27,31). The Morgan fingerprint density at radius 2 is 1.59 bits per heavy atom. The lowest BCUT2D eigenvalue weighted by atomic mass is 10.1. The van der Waals surface area contributed by atoms with E-state index in [1.54, 1.807) is 38.1 Å². The summed E-state index contributed by atoms with van der Waals surface area (Å²) >= 11 is 24.6. The van der Waals surface area contributed by atoms with Gasteiger partial charge in [0.25, 0.3) is 0 Å². The molecule has 186 valence electrons. The molecule has 2 aromatic rings. The summed E-state index contributed by atoms with van der Waals surface area (Å²) in [4.78, 5) is 27.6. The van der Waals surface area contributed by atoms with Crippen molar-refractivity contribution >= 4 is 73.9 Å². The molecule has 2 rings (SSSR count). The Morgan fingerprint density at radius 1 is 0.971 bits per heavy atom. The van der Waals surface area contributed by atoms with E-state index in [2.05, 4.69) is 5.32 Å². The Labute approximate surface area is 220 Å². The largest absolute Gasteiger partial charge is 0.355 e. The molecule has 0 aliphatic heterocycles. The topological polar surface area (TPSA) is 86.8 Å². The molecular formula is C22H25Cl4N3O4S. The highest BCUT2D eigenvalue weighted by Crippen LogP contribution is 2.35. The number of carbonyl (C=O) groups excluding carboxylic acids is 2. The van der Waals surface area contributed by atoms with Gasteiger partial charge in [0, 0.05) is 18.1 Å². The third kappa shape index (κ3) is 7.15. The predicted octanol–water partition coefficient (Wildman–Crippen LogP) is 5.01. The summed E-state index contributed by atoms with van der Waals surface area (Å²) in [6, 6.07) is 8.64. The highest BCUT2D eigenvalue weighted by atomic mass is 35.5. The molecule has 2 aromatic carbocycles. The molecule has 0 fully saturated rings. The first-order chi connectivity index (χ1) is 15.9. The summed E-state index contributed by atoms with van der Waals surface area (Å²) in [6.45, 7) is 3.29. The minimum Gasteiger partial charge on any atom is -0.355 e. The number of amides is 2. The zero-order valence-electron chi connectivity index (χ0n) is 18.8. The van der Waals surface area contributed by atoms with Crippen molar-refractivity contribution in [2.45, 2.75) is 32.9 Å². The van der Waals surface area contributed by atoms with E-state index in [4.69, 9.17) is 46.4 Å². The van der Waals surface area contributed by atoms with Gasteiger partial charge in [-0.3, -0.25) is 13.9 Å². The Hall–Kier alpha value is -1.71. The molecule has 0 aliphatic carbocycles. The average Bonchev–Trinajstić information content (AvgIpc) is 2.75. The number of hydrogen-bond donors (Lipinski definition) is 1. The molecule has 0 saturated heterocycles. The van der Waals surface area contributed by atoms with E-state index in [1.807, 2.05) is 0 Å². The van der Waals surface area contributed by atoms with Gasteiger partial charge in [0.1, 0.15) is 12.6 Å². The summed E-state index contributed by atoms with van der Waals surface area (Å²) in [5.41, 5.74) is 0.606. The number of rotatable bonds is 10. The van der Waals surface area contributed by atoms with Gasteiger partial charge < -0.3 is 10.2 Å². The van der Waals surface area contributed by atoms with Gasteiger partial charge >= 0.3 is 0 Å². The molecule has 7 nitrogen and oxygen atoms in total. The monoisotopic (exact) mass is 567 g/mol. The SMILES string of the molecule is CCNC(=O)C(CC)N(Cc1ccccc1Cl)C(=O)CN(c1cc(Cl)c(Cl)cc1Cl)S(C)(=O)=O. The summed E-state index contributed by atoms with van der Waals surface area (Å²) in [5, 5.41) is 3.35. The fourth-order valence-corrected chi connectivity index (χ4v) is 5.06. The Kier molecular flexibility index (Phi) is 10.3. The van der Waals surface area contributed by atoms with Crippen LogP contribution in [0.4, 0.5) is 5.69 Å². The van der Waals surface area contributed by atoms with E-state index < -0.39 is 28.5 Å². The molecule has 1 N–H and O–H groups in total. The molecule has 0 aromatic heterocycles. The first kappa shape index (κ1) is 28.5. The van der Waals surface area contributed by atoms with Crippen molar-refractivity contribution in [3.05, 3.63) is 62.1 Å². The van der Waals surface area contributed by atoms with E-state index in [1.165, 1.54) is 17.0 Å². The molecule has 0 aliphatic rings. The molecule has 2 amide bonds. The second kappa shape index (κ2) is 12.3. The van der Waals surface area contributed by atoms with Crippen molar-refractivity contribution in [2.75, 3.05) is 23.7 Å². The van der Waals surface area contributed by atoms with Gasteiger partial charge in [-0.25, -0.2) is 8.42 Å². The van der Waals surface area contributed by atoms with Crippen LogP contribution in [0.15, 0.2) is 36.4 Å². The Balaban J connectivity index is 2.52. The van der Waals surface area contributed by atoms with Crippen LogP contribution in [-0.4, -0.2) is 50.5 Å². The third-order valence-corrected chi connectivity index (χ3v) is 7.49. The quantitative estimate of drug-likeness (QED) is 0.408. The van der Waals surface area contributed by atoms with Crippen LogP contribution in [0.5, 0.6) is 0 Å². The number of likely N-dealkylation sites (N-methyl/N-ethyl adjacent to an activating group) is 1. The number of anilines is 1. The maximum Gasteiger partial charge on any atom is 0.244 e. The van der Waals surface area contributed by atoms with Crippen LogP contribution < -0.4 is 9.62 Å². The molecule has 34 heavy (non-hydrogen) atoms. The van der Waals surface area contributed by atoms with E-state index in [9.17, 15) is 18.0 Å². The lowest BCUT2D eigenvalue weighted by molar-refractivity contribution is -0.140. The Bertz CT molecular complexity index is 1160. The molecule has 0 radical (unpaired) electrons. The first-order valence-corrected chi connectivity index (χ1v) is 13.7. The van der Waals surface area contributed by atoms with Crippen LogP contribution in [-0.2, 0) is 26.2 Å². The van der Waals surface area contributed by atoms with Crippen molar-refractivity contribution in [1.29, 1.82) is 0 Å². The van der Waals surface area contributed by atoms with Gasteiger partial charge in [-0.15, -0.1) is 0 Å². The average molecular weight is 569 g/mol. The summed E-state index contributed by atoms with van der Waals surface area (Å²) in [5.74, 6) is -0.977. The van der Waals surface area contributed by atoms with Crippen molar-refractivity contribution < 1.29 is 18.0 Å². The smallest absolute Gasteiger partial charge is 0.244 e. The zero-order chi connectivity index (χ0) is 25.6. The maximum atomic E-state index is 13.6. The zero-order valence-corrected chi connectivity index (χ0v) is 22.7. The van der Waals surface area contributed by atoms with Crippen LogP contribution in [0.1, 0.15) is 25.8 Å². The first-order valence-electron chi connectivity index (χ1n) is 10.3. The highest BCUT2D eigenvalue weighted by Gasteiger charge is 2.32. The summed E-state index contributed by atoms with van der Waals surface area (Å²) in [6.07, 6.45) is 1.24. The second-order valence-corrected chi connectivity index (χ2v) is 11.0. The van der Waals surface area contributed by atoms with E-state index in [0.717, 1.165) is 10.6 Å². The molecular weight excluding hydrogens is 544 g/mol. The van der Waals surface area contributed by atoms with Crippen LogP contribution >= 0.6 is 46.4 Å². The lowest BCUT2D eigenvalue weighted by Gasteiger charge is -2.33. The lowest BCUT2D eigenvalue weighted by Crippen LogP contribution is -2.52. The number of hydrogen-bond acceptors (Lipinski definition) is 4. The van der Waals surface area contributed by atoms with Crippen molar-refractivity contribution in [2.24, 2.45) is 0 Å². The molecule has 0 heterocycles. The summed E-state index contributed by atoms with van der Waals surface area (Å²) in [7, 11) is -3.97. The fraction of sp³-hybridized carbons (Fsp3) is 0.364. The van der Waals surface area contributed by atoms with Gasteiger partial charge in [0.2, 0.25) is 21.8 Å². The van der Waals surface area contributed by atoms with Crippen LogP contribution in [0.3, 0.4) is 0 Å². The number of halogens is 4. The molecule has 0 bridgehead atoms. The van der Waals surface area contributed by atoms with Gasteiger partial charge in [-0.1, -0.05) is 71.5 Å². The molecule has 1 unspecified atom stereocenters. The van der Waals surface area contributed by atoms with Crippen LogP contribution in [0.2, 0.25) is 20.1 Å². The number of nitrogens with zero attached hydrogens (tertiary/aromatic N) is 2. The number of carbonyl (C=O) groups is 2. The maximum absolute atomic E-state index is 13.6. The van der Waals surface area contributed by atoms with Crippen molar-refractivity contribution in [3.63, 3.8) is 0 Å². The normalized spacial score (nSPS) is 12.2. The molecule has 12 heteroatoms. The minimum absolute atomic E-state index is 0.000849. The number of benzene rings is 2. The fourth-order valence-electron chi connectivity index (χ4n) is 3.32. The van der Waals surface area contributed by atoms with E-state index in [0.29, 0.717) is 23.6 Å². The highest BCUT2D eigenvalue weighted by molar-refractivity contribution is 7.92. The van der Waals surface area contributed by atoms with E-state index >= 15 is 0 Å². The van der Waals surface area contributed by atoms with Gasteiger partial charge in [-0.05, 0) is 37.1 Å². The molecule has 1 atom stereocenters. The summed E-state index contributed by atoms with van der Waals surface area (Å²) < 4.78 is 26.1. The second-order valence-electron chi connectivity index (χ2n) is 7.42. The van der Waals surface area contributed by atoms with Gasteiger partial charge in [0.05, 0.1) is 27.0 Å². The molecule has 0 saturated carbocycles. The van der Waals surface area contributed by atoms with Crippen molar-refractivity contribution in [1.82, 2.24) is 10.2 Å². The van der Waals surface area contributed by atoms with Gasteiger partial charge in [0.15, 0.2) is 0 Å². The third-order valence-electron chi connectivity index (χ3n) is 4.97. The van der Waals surface area contributed by atoms with Gasteiger partial charge in [-0.2, -0.15) is 0 Å². The van der Waals surface area contributed by atoms with Crippen LogP contribution in [0, 0.1) is 0 Å². The number of sulfonamides is 1. The Morgan fingerprint density at radius 3 is 2.15 bits per heavy atom. The van der Waals surface area contributed by atoms with E-state index in [-0.39, 0.29) is 33.2 Å². The molecule has 0 spiro atoms. The van der Waals surface area contributed by atoms with Crippen LogP contribution in [0.25, 0.3) is 0 Å². The predicted molar refractivity (Wildman–Crippen MR) is 138 cm³/mol. The minimum atomic E-state index is -3.97. The van der Waals surface area contributed by atoms with Crippen molar-refractivity contribution in [3.8, 4) is 0 Å². The number of nitrogens with one attached hydrogen (secondary N) is 1.